The van der Waals surface area contributed by atoms with Gasteiger partial charge in [0.25, 0.3) is 0 Å². The normalized spacial score (nSPS) is 11.2. The number of halogens is 3. The molecule has 1 aromatic carbocycles. The molecule has 0 bridgehead atoms. The summed E-state index contributed by atoms with van der Waals surface area (Å²) in [5.41, 5.74) is 0.777. The lowest BCUT2D eigenvalue weighted by Gasteiger charge is -2.08. The Morgan fingerprint density at radius 2 is 2.12 bits per heavy atom. The number of carbonyl (C=O) groups excluding carboxylic acids is 1. The molecule has 16 heavy (non-hydrogen) atoms. The van der Waals surface area contributed by atoms with Crippen molar-refractivity contribution in [3.8, 4) is 0 Å². The van der Waals surface area contributed by atoms with Gasteiger partial charge in [0.1, 0.15) is 0 Å². The third-order valence-electron chi connectivity index (χ3n) is 1.65. The fourth-order valence-corrected chi connectivity index (χ4v) is 1.11. The highest BCUT2D eigenvalue weighted by Crippen LogP contribution is 2.20. The quantitative estimate of drug-likeness (QED) is 0.871. The van der Waals surface area contributed by atoms with Crippen LogP contribution in [0.1, 0.15) is 12.5 Å². The first kappa shape index (κ1) is 12.5. The van der Waals surface area contributed by atoms with Crippen LogP contribution in [0.2, 0.25) is 0 Å². The van der Waals surface area contributed by atoms with Crippen LogP contribution in [0.15, 0.2) is 24.3 Å². The predicted octanol–water partition coefficient (Wildman–Crippen LogP) is 2.68. The molecule has 0 aliphatic carbocycles. The number of ether oxygens (including phenoxy) is 1. The molecule has 1 rings (SSSR count). The SMILES string of the molecule is CC(=O)Nc1cccc(COC(F)(F)F)c1. The van der Waals surface area contributed by atoms with Crippen molar-refractivity contribution in [1.82, 2.24) is 0 Å². The van der Waals surface area contributed by atoms with Crippen LogP contribution in [0.3, 0.4) is 0 Å². The molecular weight excluding hydrogens is 223 g/mol. The van der Waals surface area contributed by atoms with Gasteiger partial charge >= 0.3 is 6.36 Å². The molecule has 1 aromatic rings. The lowest BCUT2D eigenvalue weighted by atomic mass is 10.2. The van der Waals surface area contributed by atoms with Crippen LogP contribution in [0.5, 0.6) is 0 Å². The summed E-state index contributed by atoms with van der Waals surface area (Å²) in [4.78, 5) is 10.7. The highest BCUT2D eigenvalue weighted by molar-refractivity contribution is 5.88. The van der Waals surface area contributed by atoms with Crippen molar-refractivity contribution in [2.45, 2.75) is 19.9 Å². The van der Waals surface area contributed by atoms with Gasteiger partial charge in [-0.1, -0.05) is 12.1 Å². The highest BCUT2D eigenvalue weighted by atomic mass is 19.4. The van der Waals surface area contributed by atoms with E-state index in [1.54, 1.807) is 12.1 Å². The summed E-state index contributed by atoms with van der Waals surface area (Å²) in [6, 6.07) is 6.03. The van der Waals surface area contributed by atoms with Gasteiger partial charge in [-0.15, -0.1) is 13.2 Å². The number of rotatable bonds is 3. The van der Waals surface area contributed by atoms with Gasteiger partial charge in [0.15, 0.2) is 0 Å². The molecule has 0 atom stereocenters. The van der Waals surface area contributed by atoms with E-state index in [1.807, 2.05) is 0 Å². The number of carbonyl (C=O) groups is 1. The third-order valence-corrected chi connectivity index (χ3v) is 1.65. The number of nitrogens with one attached hydrogen (secondary N) is 1. The van der Waals surface area contributed by atoms with Crippen LogP contribution in [0.4, 0.5) is 18.9 Å². The van der Waals surface area contributed by atoms with E-state index >= 15 is 0 Å². The maximum Gasteiger partial charge on any atom is 0.522 e. The molecule has 0 aliphatic heterocycles. The molecule has 0 aromatic heterocycles. The van der Waals surface area contributed by atoms with Crippen molar-refractivity contribution < 1.29 is 22.7 Å². The number of hydrogen-bond acceptors (Lipinski definition) is 2. The summed E-state index contributed by atoms with van der Waals surface area (Å²) >= 11 is 0. The second-order valence-corrected chi connectivity index (χ2v) is 3.12. The third kappa shape index (κ3) is 4.79. The Morgan fingerprint density at radius 3 is 2.69 bits per heavy atom. The molecule has 0 radical (unpaired) electrons. The van der Waals surface area contributed by atoms with E-state index < -0.39 is 13.0 Å². The average molecular weight is 233 g/mol. The number of alkyl halides is 3. The Morgan fingerprint density at radius 1 is 1.44 bits per heavy atom. The molecule has 0 saturated heterocycles. The van der Waals surface area contributed by atoms with Crippen LogP contribution >= 0.6 is 0 Å². The zero-order valence-corrected chi connectivity index (χ0v) is 8.47. The van der Waals surface area contributed by atoms with Crippen molar-refractivity contribution in [2.24, 2.45) is 0 Å². The second kappa shape index (κ2) is 4.98. The Hall–Kier alpha value is -1.56. The van der Waals surface area contributed by atoms with Gasteiger partial charge in [0, 0.05) is 12.6 Å². The van der Waals surface area contributed by atoms with Crippen molar-refractivity contribution in [1.29, 1.82) is 0 Å². The topological polar surface area (TPSA) is 38.3 Å². The van der Waals surface area contributed by atoms with E-state index in [0.717, 1.165) is 0 Å². The van der Waals surface area contributed by atoms with Crippen molar-refractivity contribution in [3.63, 3.8) is 0 Å². The van der Waals surface area contributed by atoms with E-state index in [1.165, 1.54) is 19.1 Å². The molecule has 1 amide bonds. The number of amides is 1. The molecule has 6 heteroatoms. The molecule has 3 nitrogen and oxygen atoms in total. The van der Waals surface area contributed by atoms with Gasteiger partial charge in [0.05, 0.1) is 6.61 Å². The number of hydrogen-bond donors (Lipinski definition) is 1. The first-order valence-electron chi connectivity index (χ1n) is 4.44. The van der Waals surface area contributed by atoms with E-state index in [9.17, 15) is 18.0 Å². The molecule has 0 aliphatic rings. The highest BCUT2D eigenvalue weighted by Gasteiger charge is 2.28. The maximum absolute atomic E-state index is 11.8. The van der Waals surface area contributed by atoms with Crippen LogP contribution < -0.4 is 5.32 Å². The Kier molecular flexibility index (Phi) is 3.89. The van der Waals surface area contributed by atoms with Gasteiger partial charge < -0.3 is 5.32 Å². The van der Waals surface area contributed by atoms with Gasteiger partial charge in [0.2, 0.25) is 5.91 Å². The minimum absolute atomic E-state index is 0.283. The molecular formula is C10H10F3NO2. The molecule has 0 heterocycles. The minimum atomic E-state index is -4.65. The van der Waals surface area contributed by atoms with Gasteiger partial charge in [-0.05, 0) is 17.7 Å². The van der Waals surface area contributed by atoms with Crippen LogP contribution in [-0.4, -0.2) is 12.3 Å². The summed E-state index contributed by atoms with van der Waals surface area (Å²) in [7, 11) is 0. The van der Waals surface area contributed by atoms with Crippen molar-refractivity contribution in [2.75, 3.05) is 5.32 Å². The van der Waals surface area contributed by atoms with E-state index in [0.29, 0.717) is 11.3 Å². The lowest BCUT2D eigenvalue weighted by Crippen LogP contribution is -2.13. The number of benzene rings is 1. The Labute approximate surface area is 90.2 Å². The van der Waals surface area contributed by atoms with Crippen LogP contribution in [0, 0.1) is 0 Å². The summed E-state index contributed by atoms with van der Waals surface area (Å²) in [6.45, 7) is 0.746. The van der Waals surface area contributed by atoms with Crippen LogP contribution in [0.25, 0.3) is 0 Å². The van der Waals surface area contributed by atoms with E-state index in [-0.39, 0.29) is 5.91 Å². The summed E-state index contributed by atoms with van der Waals surface area (Å²) < 4.78 is 38.9. The Bertz CT molecular complexity index is 377. The molecule has 0 unspecified atom stereocenters. The first-order valence-corrected chi connectivity index (χ1v) is 4.44. The fourth-order valence-electron chi connectivity index (χ4n) is 1.11. The molecule has 1 N–H and O–H groups in total. The zero-order chi connectivity index (χ0) is 12.2. The molecule has 0 spiro atoms. The Balaban J connectivity index is 2.64. The first-order chi connectivity index (χ1) is 7.37. The smallest absolute Gasteiger partial charge is 0.326 e. The second-order valence-electron chi connectivity index (χ2n) is 3.12. The zero-order valence-electron chi connectivity index (χ0n) is 8.47. The van der Waals surface area contributed by atoms with E-state index in [2.05, 4.69) is 10.1 Å². The minimum Gasteiger partial charge on any atom is -0.326 e. The monoisotopic (exact) mass is 233 g/mol. The summed E-state index contributed by atoms with van der Waals surface area (Å²) in [6.07, 6.45) is -4.65. The van der Waals surface area contributed by atoms with E-state index in [4.69, 9.17) is 0 Å². The molecule has 0 fully saturated rings. The van der Waals surface area contributed by atoms with Crippen LogP contribution in [-0.2, 0) is 16.1 Å². The standard InChI is InChI=1S/C10H10F3NO2/c1-7(15)14-9-4-2-3-8(5-9)6-16-10(11,12)13/h2-5H,6H2,1H3,(H,14,15). The van der Waals surface area contributed by atoms with Gasteiger partial charge in [-0.25, -0.2) is 0 Å². The maximum atomic E-state index is 11.8. The van der Waals surface area contributed by atoms with Gasteiger partial charge in [-0.3, -0.25) is 9.53 Å². The fraction of sp³-hybridized carbons (Fsp3) is 0.300. The summed E-state index contributed by atoms with van der Waals surface area (Å²) in [5, 5.41) is 2.47. The van der Waals surface area contributed by atoms with Gasteiger partial charge in [-0.2, -0.15) is 0 Å². The number of anilines is 1. The van der Waals surface area contributed by atoms with Crippen molar-refractivity contribution >= 4 is 11.6 Å². The van der Waals surface area contributed by atoms with Crippen molar-refractivity contribution in [3.05, 3.63) is 29.8 Å². The average Bonchev–Trinajstić information content (AvgIpc) is 2.13. The predicted molar refractivity (Wildman–Crippen MR) is 51.6 cm³/mol. The summed E-state index contributed by atoms with van der Waals surface area (Å²) in [5.74, 6) is -0.283. The largest absolute Gasteiger partial charge is 0.522 e. The lowest BCUT2D eigenvalue weighted by molar-refractivity contribution is -0.330. The molecule has 0 saturated carbocycles. The molecule has 88 valence electrons.